The summed E-state index contributed by atoms with van der Waals surface area (Å²) in [4.78, 5) is 13.0. The van der Waals surface area contributed by atoms with Crippen LogP contribution in [0.4, 0.5) is 5.69 Å². The fourth-order valence-electron chi connectivity index (χ4n) is 5.20. The fourth-order valence-corrected chi connectivity index (χ4v) is 6.16. The van der Waals surface area contributed by atoms with Gasteiger partial charge in [-0.2, -0.15) is 0 Å². The van der Waals surface area contributed by atoms with E-state index in [1.165, 1.54) is 16.1 Å². The number of fused-ring (bicyclic) bond motifs is 2. The zero-order chi connectivity index (χ0) is 22.3. The summed E-state index contributed by atoms with van der Waals surface area (Å²) in [6.07, 6.45) is 6.11. The number of ether oxygens (including phenoxy) is 2. The highest BCUT2D eigenvalue weighted by Crippen LogP contribution is 2.44. The molecule has 2 heterocycles. The molecule has 1 fully saturated rings. The Labute approximate surface area is 188 Å². The Kier molecular flexibility index (Phi) is 5.28. The first-order valence-corrected chi connectivity index (χ1v) is 13.0. The third kappa shape index (κ3) is 3.81. The van der Waals surface area contributed by atoms with Crippen LogP contribution in [0.1, 0.15) is 47.2 Å². The molecule has 0 atom stereocenters. The number of carbonyl (C=O) groups is 1. The van der Waals surface area contributed by atoms with Crippen LogP contribution in [0.3, 0.4) is 0 Å². The SMILES string of the molecule is CS(=O)(=O)N1CCc2cc(C(=O)NCC3(c4ccc5c(c4)OCCO5)CCCC3)ccc21. The van der Waals surface area contributed by atoms with E-state index < -0.39 is 10.0 Å². The van der Waals surface area contributed by atoms with E-state index in [9.17, 15) is 13.2 Å². The van der Waals surface area contributed by atoms with Gasteiger partial charge in [0.2, 0.25) is 10.0 Å². The molecule has 0 saturated heterocycles. The Bertz CT molecular complexity index is 1150. The van der Waals surface area contributed by atoms with Crippen molar-refractivity contribution in [2.75, 3.05) is 36.9 Å². The predicted molar refractivity (Wildman–Crippen MR) is 122 cm³/mol. The summed E-state index contributed by atoms with van der Waals surface area (Å²) >= 11 is 0. The number of nitrogens with one attached hydrogen (secondary N) is 1. The topological polar surface area (TPSA) is 84.9 Å². The highest BCUT2D eigenvalue weighted by Gasteiger charge is 2.37. The van der Waals surface area contributed by atoms with Gasteiger partial charge in [0.15, 0.2) is 11.5 Å². The summed E-state index contributed by atoms with van der Waals surface area (Å²) < 4.78 is 36.7. The van der Waals surface area contributed by atoms with Crippen molar-refractivity contribution in [2.45, 2.75) is 37.5 Å². The van der Waals surface area contributed by atoms with Crippen molar-refractivity contribution in [3.05, 3.63) is 53.1 Å². The lowest BCUT2D eigenvalue weighted by Crippen LogP contribution is -2.39. The average Bonchev–Trinajstić information content (AvgIpc) is 3.44. The van der Waals surface area contributed by atoms with Crippen LogP contribution in [0, 0.1) is 0 Å². The molecule has 5 rings (SSSR count). The molecular weight excluding hydrogens is 428 g/mol. The van der Waals surface area contributed by atoms with Crippen molar-refractivity contribution >= 4 is 21.6 Å². The minimum atomic E-state index is -3.30. The third-order valence-corrected chi connectivity index (χ3v) is 8.08. The number of nitrogens with zero attached hydrogens (tertiary/aromatic N) is 1. The van der Waals surface area contributed by atoms with E-state index in [0.29, 0.717) is 44.0 Å². The highest BCUT2D eigenvalue weighted by molar-refractivity contribution is 7.92. The zero-order valence-electron chi connectivity index (χ0n) is 18.2. The molecule has 170 valence electrons. The molecule has 0 aromatic heterocycles. The molecule has 2 aromatic rings. The molecule has 1 saturated carbocycles. The predicted octanol–water partition coefficient (Wildman–Crippen LogP) is 3.02. The number of rotatable bonds is 5. The quantitative estimate of drug-likeness (QED) is 0.748. The monoisotopic (exact) mass is 456 g/mol. The van der Waals surface area contributed by atoms with Crippen molar-refractivity contribution in [3.8, 4) is 11.5 Å². The molecule has 1 N–H and O–H groups in total. The van der Waals surface area contributed by atoms with Gasteiger partial charge in [0, 0.05) is 24.1 Å². The number of anilines is 1. The van der Waals surface area contributed by atoms with E-state index in [1.54, 1.807) is 12.1 Å². The fraction of sp³-hybridized carbons (Fsp3) is 0.458. The van der Waals surface area contributed by atoms with E-state index in [4.69, 9.17) is 9.47 Å². The molecule has 32 heavy (non-hydrogen) atoms. The number of hydrogen-bond donors (Lipinski definition) is 1. The largest absolute Gasteiger partial charge is 0.486 e. The number of amides is 1. The first-order valence-electron chi connectivity index (χ1n) is 11.1. The number of carbonyl (C=O) groups excluding carboxylic acids is 1. The van der Waals surface area contributed by atoms with Crippen molar-refractivity contribution in [1.82, 2.24) is 5.32 Å². The van der Waals surface area contributed by atoms with Crippen LogP contribution in [0.25, 0.3) is 0 Å². The average molecular weight is 457 g/mol. The van der Waals surface area contributed by atoms with Gasteiger partial charge < -0.3 is 14.8 Å². The van der Waals surface area contributed by atoms with Crippen molar-refractivity contribution < 1.29 is 22.7 Å². The van der Waals surface area contributed by atoms with Gasteiger partial charge in [-0.3, -0.25) is 9.10 Å². The Hall–Kier alpha value is -2.74. The maximum Gasteiger partial charge on any atom is 0.251 e. The first-order chi connectivity index (χ1) is 15.4. The smallest absolute Gasteiger partial charge is 0.251 e. The van der Waals surface area contributed by atoms with Gasteiger partial charge in [-0.1, -0.05) is 18.9 Å². The van der Waals surface area contributed by atoms with E-state index in [2.05, 4.69) is 17.4 Å². The second kappa shape index (κ2) is 7.99. The van der Waals surface area contributed by atoms with Gasteiger partial charge in [0.05, 0.1) is 11.9 Å². The molecule has 2 aliphatic heterocycles. The molecule has 7 nitrogen and oxygen atoms in total. The van der Waals surface area contributed by atoms with Gasteiger partial charge in [-0.15, -0.1) is 0 Å². The summed E-state index contributed by atoms with van der Waals surface area (Å²) in [7, 11) is -3.30. The number of benzene rings is 2. The number of sulfonamides is 1. The number of hydrogen-bond acceptors (Lipinski definition) is 5. The Morgan fingerprint density at radius 1 is 1.06 bits per heavy atom. The summed E-state index contributed by atoms with van der Waals surface area (Å²) in [5, 5.41) is 3.15. The standard InChI is InChI=1S/C24H28N2O5S/c1-32(28,29)26-11-8-17-14-18(4-6-20(17)26)23(27)25-16-24(9-2-3-10-24)19-5-7-21-22(15-19)31-13-12-30-21/h4-7,14-15H,2-3,8-13,16H2,1H3,(H,25,27). The lowest BCUT2D eigenvalue weighted by molar-refractivity contribution is 0.0943. The van der Waals surface area contributed by atoms with E-state index in [0.717, 1.165) is 42.7 Å². The van der Waals surface area contributed by atoms with Crippen LogP contribution < -0.4 is 19.1 Å². The molecule has 3 aliphatic rings. The lowest BCUT2D eigenvalue weighted by Gasteiger charge is -2.31. The Morgan fingerprint density at radius 3 is 2.56 bits per heavy atom. The molecule has 0 spiro atoms. The normalized spacial score (nSPS) is 19.0. The van der Waals surface area contributed by atoms with Crippen LogP contribution in [-0.4, -0.2) is 46.9 Å². The molecule has 0 radical (unpaired) electrons. The van der Waals surface area contributed by atoms with Crippen molar-refractivity contribution in [2.24, 2.45) is 0 Å². The first kappa shape index (κ1) is 21.1. The molecule has 1 aliphatic carbocycles. The molecule has 1 amide bonds. The zero-order valence-corrected chi connectivity index (χ0v) is 19.0. The lowest BCUT2D eigenvalue weighted by atomic mass is 9.78. The van der Waals surface area contributed by atoms with Gasteiger partial charge in [0.1, 0.15) is 13.2 Å². The molecule has 2 aromatic carbocycles. The van der Waals surface area contributed by atoms with Gasteiger partial charge in [0.25, 0.3) is 5.91 Å². The maximum atomic E-state index is 13.0. The molecule has 0 unspecified atom stereocenters. The minimum Gasteiger partial charge on any atom is -0.486 e. The van der Waals surface area contributed by atoms with Crippen LogP contribution >= 0.6 is 0 Å². The van der Waals surface area contributed by atoms with Crippen LogP contribution in [-0.2, 0) is 21.9 Å². The summed E-state index contributed by atoms with van der Waals surface area (Å²) in [5.74, 6) is 1.42. The van der Waals surface area contributed by atoms with E-state index >= 15 is 0 Å². The van der Waals surface area contributed by atoms with Gasteiger partial charge >= 0.3 is 0 Å². The van der Waals surface area contributed by atoms with E-state index in [1.807, 2.05) is 12.1 Å². The Balaban J connectivity index is 1.33. The molecular formula is C24H28N2O5S. The van der Waals surface area contributed by atoms with Gasteiger partial charge in [-0.05, 0) is 60.7 Å². The summed E-state index contributed by atoms with van der Waals surface area (Å²) in [6, 6.07) is 11.4. The summed E-state index contributed by atoms with van der Waals surface area (Å²) in [5.41, 5.74) is 3.19. The maximum absolute atomic E-state index is 13.0. The summed E-state index contributed by atoms with van der Waals surface area (Å²) in [6.45, 7) is 2.09. The van der Waals surface area contributed by atoms with Gasteiger partial charge in [-0.25, -0.2) is 8.42 Å². The van der Waals surface area contributed by atoms with Crippen LogP contribution in [0.5, 0.6) is 11.5 Å². The second-order valence-electron chi connectivity index (χ2n) is 8.96. The van der Waals surface area contributed by atoms with Crippen molar-refractivity contribution in [1.29, 1.82) is 0 Å². The third-order valence-electron chi connectivity index (χ3n) is 6.90. The molecule has 8 heteroatoms. The second-order valence-corrected chi connectivity index (χ2v) is 10.9. The van der Waals surface area contributed by atoms with Crippen molar-refractivity contribution in [3.63, 3.8) is 0 Å². The molecule has 0 bridgehead atoms. The van der Waals surface area contributed by atoms with Crippen LogP contribution in [0.15, 0.2) is 36.4 Å². The highest BCUT2D eigenvalue weighted by atomic mass is 32.2. The minimum absolute atomic E-state index is 0.116. The van der Waals surface area contributed by atoms with Crippen LogP contribution in [0.2, 0.25) is 0 Å². The Morgan fingerprint density at radius 2 is 1.81 bits per heavy atom. The van der Waals surface area contributed by atoms with E-state index in [-0.39, 0.29) is 11.3 Å².